The summed E-state index contributed by atoms with van der Waals surface area (Å²) in [5.74, 6) is 1.75. The van der Waals surface area contributed by atoms with Gasteiger partial charge in [-0.1, -0.05) is 24.3 Å². The summed E-state index contributed by atoms with van der Waals surface area (Å²) in [6.45, 7) is 5.94. The van der Waals surface area contributed by atoms with Crippen LogP contribution in [0.4, 0.5) is 0 Å². The number of ether oxygens (including phenoxy) is 2. The van der Waals surface area contributed by atoms with E-state index in [1.165, 1.54) is 11.3 Å². The van der Waals surface area contributed by atoms with Gasteiger partial charge in [-0.3, -0.25) is 4.79 Å². The number of hydrogen-bond acceptors (Lipinski definition) is 3. The van der Waals surface area contributed by atoms with Crippen molar-refractivity contribution in [1.82, 2.24) is 9.88 Å². The van der Waals surface area contributed by atoms with E-state index in [-0.39, 0.29) is 5.91 Å². The van der Waals surface area contributed by atoms with Crippen LogP contribution in [0, 0.1) is 6.92 Å². The van der Waals surface area contributed by atoms with E-state index in [9.17, 15) is 4.79 Å². The van der Waals surface area contributed by atoms with Crippen molar-refractivity contribution in [1.29, 1.82) is 0 Å². The molecule has 1 aliphatic rings. The molecule has 5 rings (SSSR count). The molecular formula is C28H28N2O3. The molecule has 1 aliphatic heterocycles. The average Bonchev–Trinajstić information content (AvgIpc) is 3.21. The van der Waals surface area contributed by atoms with E-state index >= 15 is 0 Å². The van der Waals surface area contributed by atoms with Crippen LogP contribution < -0.4 is 9.47 Å². The van der Waals surface area contributed by atoms with Crippen LogP contribution in [0.1, 0.15) is 34.1 Å². The number of fused-ring (bicyclic) bond motifs is 3. The lowest BCUT2D eigenvalue weighted by molar-refractivity contribution is 0.0734. The van der Waals surface area contributed by atoms with Crippen molar-refractivity contribution < 1.29 is 14.3 Å². The van der Waals surface area contributed by atoms with Crippen LogP contribution in [-0.4, -0.2) is 36.1 Å². The lowest BCUT2D eigenvalue weighted by Crippen LogP contribution is -2.36. The summed E-state index contributed by atoms with van der Waals surface area (Å²) >= 11 is 0. The van der Waals surface area contributed by atoms with Crippen LogP contribution in [0.5, 0.6) is 11.5 Å². The van der Waals surface area contributed by atoms with Gasteiger partial charge >= 0.3 is 0 Å². The Balaban J connectivity index is 1.45. The van der Waals surface area contributed by atoms with E-state index < -0.39 is 0 Å². The van der Waals surface area contributed by atoms with Crippen LogP contribution in [0.3, 0.4) is 0 Å². The van der Waals surface area contributed by atoms with E-state index in [0.29, 0.717) is 19.7 Å². The minimum absolute atomic E-state index is 0.0730. The summed E-state index contributed by atoms with van der Waals surface area (Å²) in [7, 11) is 1.66. The quantitative estimate of drug-likeness (QED) is 0.430. The average molecular weight is 441 g/mol. The lowest BCUT2D eigenvalue weighted by atomic mass is 9.95. The summed E-state index contributed by atoms with van der Waals surface area (Å²) in [5, 5.41) is 1.14. The number of benzene rings is 3. The van der Waals surface area contributed by atoms with Crippen LogP contribution in [0.25, 0.3) is 22.0 Å². The highest BCUT2D eigenvalue weighted by Gasteiger charge is 2.26. The SMILES string of the molecule is CCOc1ccc2[nH]c3c(c2c1)CN(C(=O)c1cccc(-c2ccc(OC)cc2)c1C)CC3. The number of amides is 1. The fourth-order valence-electron chi connectivity index (χ4n) is 4.74. The van der Waals surface area contributed by atoms with Crippen molar-refractivity contribution in [2.24, 2.45) is 0 Å². The smallest absolute Gasteiger partial charge is 0.254 e. The molecule has 5 nitrogen and oxygen atoms in total. The highest BCUT2D eigenvalue weighted by Crippen LogP contribution is 2.32. The first kappa shape index (κ1) is 21.1. The standard InChI is InChI=1S/C28H28N2O3/c1-4-33-21-12-13-26-24(16-21)25-17-30(15-14-27(25)29-26)28(31)23-7-5-6-22(18(23)2)19-8-10-20(32-3)11-9-19/h5-13,16,29H,4,14-15,17H2,1-3H3. The molecule has 4 aromatic rings. The monoisotopic (exact) mass is 440 g/mol. The molecule has 2 heterocycles. The highest BCUT2D eigenvalue weighted by atomic mass is 16.5. The Kier molecular flexibility index (Phi) is 5.55. The molecule has 0 aliphatic carbocycles. The van der Waals surface area contributed by atoms with Crippen molar-refractivity contribution in [2.45, 2.75) is 26.8 Å². The van der Waals surface area contributed by atoms with Gasteiger partial charge in [-0.15, -0.1) is 0 Å². The first-order valence-corrected chi connectivity index (χ1v) is 11.4. The normalized spacial score (nSPS) is 13.1. The van der Waals surface area contributed by atoms with E-state index in [1.54, 1.807) is 7.11 Å². The molecule has 0 bridgehead atoms. The zero-order valence-electron chi connectivity index (χ0n) is 19.3. The van der Waals surface area contributed by atoms with Crippen LogP contribution in [0.15, 0.2) is 60.7 Å². The molecule has 1 aromatic heterocycles. The van der Waals surface area contributed by atoms with Gasteiger partial charge in [-0.2, -0.15) is 0 Å². The second-order valence-electron chi connectivity index (χ2n) is 8.41. The van der Waals surface area contributed by atoms with Gasteiger partial charge in [0, 0.05) is 47.2 Å². The van der Waals surface area contributed by atoms with Gasteiger partial charge in [-0.25, -0.2) is 0 Å². The second-order valence-corrected chi connectivity index (χ2v) is 8.41. The predicted molar refractivity (Wildman–Crippen MR) is 131 cm³/mol. The molecule has 168 valence electrons. The number of methoxy groups -OCH3 is 1. The number of hydrogen-bond donors (Lipinski definition) is 1. The number of nitrogens with one attached hydrogen (secondary N) is 1. The molecule has 1 N–H and O–H groups in total. The van der Waals surface area contributed by atoms with E-state index in [0.717, 1.165) is 51.1 Å². The Labute approximate surface area is 193 Å². The molecule has 0 saturated heterocycles. The maximum Gasteiger partial charge on any atom is 0.254 e. The summed E-state index contributed by atoms with van der Waals surface area (Å²) in [6.07, 6.45) is 0.816. The number of rotatable bonds is 5. The Morgan fingerprint density at radius 2 is 1.85 bits per heavy atom. The summed E-state index contributed by atoms with van der Waals surface area (Å²) in [4.78, 5) is 19.1. The van der Waals surface area contributed by atoms with Crippen molar-refractivity contribution >= 4 is 16.8 Å². The molecule has 0 atom stereocenters. The highest BCUT2D eigenvalue weighted by molar-refractivity contribution is 5.98. The van der Waals surface area contributed by atoms with E-state index in [2.05, 4.69) is 23.2 Å². The predicted octanol–water partition coefficient (Wildman–Crippen LogP) is 5.75. The number of carbonyl (C=O) groups is 1. The van der Waals surface area contributed by atoms with Crippen molar-refractivity contribution in [3.8, 4) is 22.6 Å². The molecule has 3 aromatic carbocycles. The van der Waals surface area contributed by atoms with Gasteiger partial charge < -0.3 is 19.4 Å². The fourth-order valence-corrected chi connectivity index (χ4v) is 4.74. The molecule has 33 heavy (non-hydrogen) atoms. The number of H-pyrrole nitrogens is 1. The van der Waals surface area contributed by atoms with Gasteiger partial charge in [0.25, 0.3) is 5.91 Å². The Morgan fingerprint density at radius 3 is 2.61 bits per heavy atom. The zero-order valence-corrected chi connectivity index (χ0v) is 19.3. The largest absolute Gasteiger partial charge is 0.497 e. The number of aromatic nitrogens is 1. The summed E-state index contributed by atoms with van der Waals surface area (Å²) in [6, 6.07) is 20.1. The van der Waals surface area contributed by atoms with Crippen LogP contribution in [0.2, 0.25) is 0 Å². The van der Waals surface area contributed by atoms with Gasteiger partial charge in [0.1, 0.15) is 11.5 Å². The van der Waals surface area contributed by atoms with Crippen molar-refractivity contribution in [3.63, 3.8) is 0 Å². The first-order chi connectivity index (χ1) is 16.1. The van der Waals surface area contributed by atoms with Gasteiger partial charge in [0.15, 0.2) is 0 Å². The molecular weight excluding hydrogens is 412 g/mol. The third kappa shape index (κ3) is 3.84. The topological polar surface area (TPSA) is 54.6 Å². The second kappa shape index (κ2) is 8.66. The minimum atomic E-state index is 0.0730. The minimum Gasteiger partial charge on any atom is -0.497 e. The Bertz CT molecular complexity index is 1320. The molecule has 1 amide bonds. The van der Waals surface area contributed by atoms with Gasteiger partial charge in [0.2, 0.25) is 0 Å². The summed E-state index contributed by atoms with van der Waals surface area (Å²) in [5.41, 5.74) is 7.38. The van der Waals surface area contributed by atoms with Gasteiger partial charge in [0.05, 0.1) is 13.7 Å². The molecule has 0 radical (unpaired) electrons. The number of nitrogens with zero attached hydrogens (tertiary/aromatic N) is 1. The molecule has 0 spiro atoms. The number of carbonyl (C=O) groups excluding carboxylic acids is 1. The zero-order chi connectivity index (χ0) is 22.9. The lowest BCUT2D eigenvalue weighted by Gasteiger charge is -2.28. The Hall–Kier alpha value is -3.73. The van der Waals surface area contributed by atoms with Crippen molar-refractivity contribution in [3.05, 3.63) is 83.0 Å². The van der Waals surface area contributed by atoms with E-state index in [1.807, 2.05) is 61.2 Å². The third-order valence-electron chi connectivity index (χ3n) is 6.51. The first-order valence-electron chi connectivity index (χ1n) is 11.4. The molecule has 0 unspecified atom stereocenters. The third-order valence-corrected chi connectivity index (χ3v) is 6.51. The molecule has 5 heteroatoms. The summed E-state index contributed by atoms with van der Waals surface area (Å²) < 4.78 is 11.0. The number of aromatic amines is 1. The fraction of sp³-hybridized carbons (Fsp3) is 0.250. The van der Waals surface area contributed by atoms with Crippen LogP contribution >= 0.6 is 0 Å². The maximum absolute atomic E-state index is 13.6. The molecule has 0 saturated carbocycles. The van der Waals surface area contributed by atoms with E-state index in [4.69, 9.17) is 9.47 Å². The van der Waals surface area contributed by atoms with Crippen LogP contribution in [-0.2, 0) is 13.0 Å². The van der Waals surface area contributed by atoms with Crippen molar-refractivity contribution in [2.75, 3.05) is 20.3 Å². The Morgan fingerprint density at radius 1 is 1.06 bits per heavy atom. The van der Waals surface area contributed by atoms with Gasteiger partial charge in [-0.05, 0) is 66.9 Å². The maximum atomic E-state index is 13.6. The molecule has 0 fully saturated rings.